The van der Waals surface area contributed by atoms with Crippen LogP contribution < -0.4 is 0 Å². The number of hydrogen-bond acceptors (Lipinski definition) is 3. The number of rotatable bonds is 3. The molecule has 4 fully saturated rings. The van der Waals surface area contributed by atoms with Gasteiger partial charge in [0.1, 0.15) is 0 Å². The first-order valence-electron chi connectivity index (χ1n) is 11.0. The van der Waals surface area contributed by atoms with E-state index in [1.54, 1.807) is 0 Å². The summed E-state index contributed by atoms with van der Waals surface area (Å²) in [7, 11) is 0. The van der Waals surface area contributed by atoms with Crippen molar-refractivity contribution in [3.63, 3.8) is 0 Å². The first kappa shape index (κ1) is 17.2. The summed E-state index contributed by atoms with van der Waals surface area (Å²) in [5.41, 5.74) is 2.23. The molecular formula is C22H33NO3. The van der Waals surface area contributed by atoms with Crippen molar-refractivity contribution in [1.82, 2.24) is 0 Å². The minimum absolute atomic E-state index is 0.0604. The quantitative estimate of drug-likeness (QED) is 0.494. The van der Waals surface area contributed by atoms with E-state index in [-0.39, 0.29) is 10.3 Å². The molecule has 0 amide bonds. The Labute approximate surface area is 156 Å². The molecule has 144 valence electrons. The molecule has 0 spiro atoms. The third kappa shape index (κ3) is 2.36. The second-order valence-electron chi connectivity index (χ2n) is 10.3. The number of ether oxygens (including phenoxy) is 1. The molecule has 0 unspecified atom stereocenters. The van der Waals surface area contributed by atoms with Crippen LogP contribution in [0.5, 0.6) is 0 Å². The monoisotopic (exact) mass is 359 g/mol. The summed E-state index contributed by atoms with van der Waals surface area (Å²) in [5.74, 6) is 2.17. The predicted octanol–water partition coefficient (Wildman–Crippen LogP) is 5.49. The van der Waals surface area contributed by atoms with E-state index in [9.17, 15) is 10.1 Å². The molecule has 5 aliphatic rings. The summed E-state index contributed by atoms with van der Waals surface area (Å²) in [6.07, 6.45) is 13.6. The van der Waals surface area contributed by atoms with E-state index in [1.807, 2.05) is 0 Å². The maximum absolute atomic E-state index is 11.6. The van der Waals surface area contributed by atoms with E-state index in [0.717, 1.165) is 31.1 Å². The molecule has 4 heteroatoms. The molecule has 0 N–H and O–H groups in total. The van der Waals surface area contributed by atoms with Crippen molar-refractivity contribution in [2.45, 2.75) is 96.7 Å². The summed E-state index contributed by atoms with van der Waals surface area (Å²) in [6.45, 7) is 4.88. The van der Waals surface area contributed by atoms with Crippen LogP contribution >= 0.6 is 0 Å². The molecule has 0 aromatic carbocycles. The maximum atomic E-state index is 11.6. The van der Waals surface area contributed by atoms with Gasteiger partial charge in [0, 0.05) is 12.0 Å². The van der Waals surface area contributed by atoms with E-state index in [1.165, 1.54) is 50.5 Å². The second kappa shape index (κ2) is 5.80. The Balaban J connectivity index is 1.45. The van der Waals surface area contributed by atoms with Crippen molar-refractivity contribution in [1.29, 1.82) is 0 Å². The zero-order valence-electron chi connectivity index (χ0n) is 16.3. The fourth-order valence-electron chi connectivity index (χ4n) is 7.70. The number of nitrogens with zero attached hydrogens (tertiary/aromatic N) is 1. The molecule has 0 aromatic heterocycles. The van der Waals surface area contributed by atoms with Crippen LogP contribution in [0.3, 0.4) is 0 Å². The van der Waals surface area contributed by atoms with Crippen LogP contribution in [-0.4, -0.2) is 17.1 Å². The fourth-order valence-corrected chi connectivity index (χ4v) is 7.70. The molecule has 0 saturated heterocycles. The summed E-state index contributed by atoms with van der Waals surface area (Å²) < 4.78 is 6.46. The Kier molecular flexibility index (Phi) is 3.84. The summed E-state index contributed by atoms with van der Waals surface area (Å²) >= 11 is 0. The van der Waals surface area contributed by atoms with Crippen molar-refractivity contribution in [3.05, 3.63) is 21.4 Å². The standard InChI is InChI=1S/C22H33NO3/c1-21-12-3-4-19(23(24)25)18(21)8-7-15-16-9-10-20(26-14-5-6-14)22(16,2)13-11-17(15)21/h14-17,20H,3-13H2,1-2H3/t15-,16-,17-,20-,21+,22-/m0/s1. The minimum atomic E-state index is -0.0604. The van der Waals surface area contributed by atoms with Gasteiger partial charge in [-0.15, -0.1) is 0 Å². The molecule has 0 aliphatic heterocycles. The number of allylic oxidation sites excluding steroid dienone is 2. The third-order valence-corrected chi connectivity index (χ3v) is 9.15. The molecule has 4 nitrogen and oxygen atoms in total. The van der Waals surface area contributed by atoms with E-state index in [4.69, 9.17) is 4.74 Å². The number of nitro groups is 1. The van der Waals surface area contributed by atoms with Gasteiger partial charge in [0.2, 0.25) is 5.70 Å². The van der Waals surface area contributed by atoms with Gasteiger partial charge in [-0.25, -0.2) is 0 Å². The molecule has 0 radical (unpaired) electrons. The van der Waals surface area contributed by atoms with E-state index >= 15 is 0 Å². The van der Waals surface area contributed by atoms with Gasteiger partial charge in [-0.2, -0.15) is 0 Å². The fraction of sp³-hybridized carbons (Fsp3) is 0.909. The lowest BCUT2D eigenvalue weighted by Crippen LogP contribution is -2.51. The van der Waals surface area contributed by atoms with E-state index in [2.05, 4.69) is 13.8 Å². The minimum Gasteiger partial charge on any atom is -0.374 e. The molecule has 0 bridgehead atoms. The summed E-state index contributed by atoms with van der Waals surface area (Å²) in [5, 5.41) is 11.6. The molecule has 0 heterocycles. The van der Waals surface area contributed by atoms with Gasteiger partial charge in [0.05, 0.1) is 17.1 Å². The highest BCUT2D eigenvalue weighted by atomic mass is 16.6. The van der Waals surface area contributed by atoms with Crippen molar-refractivity contribution in [2.24, 2.45) is 28.6 Å². The molecule has 5 aliphatic carbocycles. The van der Waals surface area contributed by atoms with Crippen LogP contribution in [0, 0.1) is 38.7 Å². The SMILES string of the molecule is C[C@]12CC[C@H]3[C@@H](CCC4=C([N+](=O)[O-])CCC[C@@]43C)[C@@H]1CC[C@@H]2OC1CC1. The number of fused-ring (bicyclic) bond motifs is 5. The molecule has 6 atom stereocenters. The molecule has 26 heavy (non-hydrogen) atoms. The third-order valence-electron chi connectivity index (χ3n) is 9.15. The summed E-state index contributed by atoms with van der Waals surface area (Å²) in [6, 6.07) is 0. The first-order chi connectivity index (χ1) is 12.4. The van der Waals surface area contributed by atoms with E-state index in [0.29, 0.717) is 35.7 Å². The molecule has 0 aromatic rings. The highest BCUT2D eigenvalue weighted by molar-refractivity contribution is 5.26. The largest absolute Gasteiger partial charge is 0.374 e. The van der Waals surface area contributed by atoms with Crippen LogP contribution in [-0.2, 0) is 4.74 Å². The van der Waals surface area contributed by atoms with Gasteiger partial charge >= 0.3 is 0 Å². The summed E-state index contributed by atoms with van der Waals surface area (Å²) in [4.78, 5) is 11.6. The Bertz CT molecular complexity index is 654. The average molecular weight is 360 g/mol. The molecule has 4 saturated carbocycles. The first-order valence-corrected chi connectivity index (χ1v) is 11.0. The lowest BCUT2D eigenvalue weighted by atomic mass is 9.47. The van der Waals surface area contributed by atoms with Crippen LogP contribution in [0.4, 0.5) is 0 Å². The van der Waals surface area contributed by atoms with Crippen molar-refractivity contribution < 1.29 is 9.66 Å². The highest BCUT2D eigenvalue weighted by Gasteiger charge is 2.60. The molecular weight excluding hydrogens is 326 g/mol. The van der Waals surface area contributed by atoms with E-state index < -0.39 is 0 Å². The van der Waals surface area contributed by atoms with Gasteiger partial charge < -0.3 is 4.74 Å². The van der Waals surface area contributed by atoms with Gasteiger partial charge in [0.25, 0.3) is 0 Å². The topological polar surface area (TPSA) is 52.4 Å². The average Bonchev–Trinajstić information content (AvgIpc) is 3.36. The van der Waals surface area contributed by atoms with Gasteiger partial charge in [-0.1, -0.05) is 13.8 Å². The Morgan fingerprint density at radius 3 is 2.54 bits per heavy atom. The zero-order chi connectivity index (χ0) is 18.1. The van der Waals surface area contributed by atoms with Crippen LogP contribution in [0.25, 0.3) is 0 Å². The smallest absolute Gasteiger partial charge is 0.245 e. The van der Waals surface area contributed by atoms with Gasteiger partial charge in [0.15, 0.2) is 0 Å². The predicted molar refractivity (Wildman–Crippen MR) is 100 cm³/mol. The van der Waals surface area contributed by atoms with Crippen molar-refractivity contribution in [2.75, 3.05) is 0 Å². The van der Waals surface area contributed by atoms with Gasteiger partial charge in [-0.05, 0) is 92.8 Å². The Morgan fingerprint density at radius 2 is 1.81 bits per heavy atom. The number of hydrogen-bond donors (Lipinski definition) is 0. The lowest BCUT2D eigenvalue weighted by molar-refractivity contribution is -0.432. The second-order valence-corrected chi connectivity index (χ2v) is 10.3. The lowest BCUT2D eigenvalue weighted by Gasteiger charge is -2.57. The van der Waals surface area contributed by atoms with Crippen LogP contribution in [0.2, 0.25) is 0 Å². The highest BCUT2D eigenvalue weighted by Crippen LogP contribution is 2.66. The van der Waals surface area contributed by atoms with Crippen LogP contribution in [0.15, 0.2) is 11.3 Å². The zero-order valence-corrected chi connectivity index (χ0v) is 16.3. The van der Waals surface area contributed by atoms with Crippen LogP contribution in [0.1, 0.15) is 84.5 Å². The Hall–Kier alpha value is -0.900. The molecule has 5 rings (SSSR count). The van der Waals surface area contributed by atoms with Crippen molar-refractivity contribution >= 4 is 0 Å². The van der Waals surface area contributed by atoms with Gasteiger partial charge in [-0.3, -0.25) is 10.1 Å². The maximum Gasteiger partial charge on any atom is 0.245 e. The Morgan fingerprint density at radius 1 is 1.00 bits per heavy atom. The normalized spacial score (nSPS) is 47.9. The van der Waals surface area contributed by atoms with Crippen molar-refractivity contribution in [3.8, 4) is 0 Å².